The van der Waals surface area contributed by atoms with E-state index >= 15 is 0 Å². The summed E-state index contributed by atoms with van der Waals surface area (Å²) in [6, 6.07) is 10.1. The number of halogens is 2. The van der Waals surface area contributed by atoms with Gasteiger partial charge in [-0.05, 0) is 42.7 Å². The first-order valence-corrected chi connectivity index (χ1v) is 7.62. The molecule has 3 nitrogen and oxygen atoms in total. The fourth-order valence-corrected chi connectivity index (χ4v) is 2.48. The topological polar surface area (TPSA) is 49.3 Å². The molecule has 2 N–H and O–H groups in total. The summed E-state index contributed by atoms with van der Waals surface area (Å²) in [5, 5.41) is 12.3. The van der Waals surface area contributed by atoms with Gasteiger partial charge in [0.05, 0.1) is 10.0 Å². The van der Waals surface area contributed by atoms with Crippen molar-refractivity contribution in [2.45, 2.75) is 4.90 Å². The molecule has 0 aliphatic carbocycles. The lowest BCUT2D eigenvalue weighted by atomic mass is 10.2. The molecule has 0 saturated carbocycles. The summed E-state index contributed by atoms with van der Waals surface area (Å²) >= 11 is 13.2. The molecule has 0 bridgehead atoms. The van der Waals surface area contributed by atoms with Crippen LogP contribution >= 0.6 is 35.0 Å². The maximum absolute atomic E-state index is 12.1. The molecule has 0 unspecified atom stereocenters. The summed E-state index contributed by atoms with van der Waals surface area (Å²) in [6.45, 7) is 0. The van der Waals surface area contributed by atoms with E-state index in [1.807, 2.05) is 18.4 Å². The number of anilines is 1. The SMILES string of the molecule is CSc1ccc(C(=O)Nc2cc(Cl)c(O)c(Cl)c2)cc1. The fraction of sp³-hybridized carbons (Fsp3) is 0.0714. The lowest BCUT2D eigenvalue weighted by Gasteiger charge is -2.08. The molecule has 0 aliphatic heterocycles. The van der Waals surface area contributed by atoms with E-state index in [1.54, 1.807) is 23.9 Å². The minimum atomic E-state index is -0.268. The van der Waals surface area contributed by atoms with E-state index in [4.69, 9.17) is 23.2 Å². The van der Waals surface area contributed by atoms with E-state index in [9.17, 15) is 9.90 Å². The van der Waals surface area contributed by atoms with Gasteiger partial charge < -0.3 is 10.4 Å². The van der Waals surface area contributed by atoms with Crippen molar-refractivity contribution in [1.82, 2.24) is 0 Å². The van der Waals surface area contributed by atoms with Crippen LogP contribution in [0.3, 0.4) is 0 Å². The third-order valence-electron chi connectivity index (χ3n) is 2.63. The molecule has 0 fully saturated rings. The van der Waals surface area contributed by atoms with Gasteiger partial charge in [-0.3, -0.25) is 4.79 Å². The van der Waals surface area contributed by atoms with Gasteiger partial charge in [0.25, 0.3) is 5.91 Å². The predicted molar refractivity (Wildman–Crippen MR) is 84.3 cm³/mol. The molecule has 2 aromatic rings. The summed E-state index contributed by atoms with van der Waals surface area (Å²) in [6.07, 6.45) is 1.97. The number of phenolic OH excluding ortho intramolecular Hbond substituents is 1. The fourth-order valence-electron chi connectivity index (χ4n) is 1.58. The Kier molecular flexibility index (Phi) is 4.81. The minimum Gasteiger partial charge on any atom is -0.505 e. The molecule has 2 rings (SSSR count). The molecule has 1 amide bonds. The molecule has 0 radical (unpaired) electrons. The Morgan fingerprint density at radius 1 is 1.15 bits per heavy atom. The highest BCUT2D eigenvalue weighted by Crippen LogP contribution is 2.34. The molecular weight excluding hydrogens is 317 g/mol. The molecule has 104 valence electrons. The third-order valence-corrected chi connectivity index (χ3v) is 3.95. The van der Waals surface area contributed by atoms with Crippen molar-refractivity contribution in [3.8, 4) is 5.75 Å². The summed E-state index contributed by atoms with van der Waals surface area (Å²) < 4.78 is 0. The second-order valence-electron chi connectivity index (χ2n) is 3.97. The van der Waals surface area contributed by atoms with Gasteiger partial charge in [-0.25, -0.2) is 0 Å². The maximum atomic E-state index is 12.1. The van der Waals surface area contributed by atoms with Gasteiger partial charge in [0.15, 0.2) is 5.75 Å². The quantitative estimate of drug-likeness (QED) is 0.636. The van der Waals surface area contributed by atoms with E-state index < -0.39 is 0 Å². The van der Waals surface area contributed by atoms with Gasteiger partial charge in [0, 0.05) is 16.1 Å². The van der Waals surface area contributed by atoms with Crippen LogP contribution in [0.25, 0.3) is 0 Å². The molecule has 0 atom stereocenters. The molecule has 2 aromatic carbocycles. The van der Waals surface area contributed by atoms with Crippen LogP contribution in [-0.4, -0.2) is 17.3 Å². The van der Waals surface area contributed by atoms with Crippen molar-refractivity contribution in [3.63, 3.8) is 0 Å². The molecule has 0 heterocycles. The Hall–Kier alpha value is -1.36. The first kappa shape index (κ1) is 15.0. The van der Waals surface area contributed by atoms with Crippen molar-refractivity contribution in [2.75, 3.05) is 11.6 Å². The lowest BCUT2D eigenvalue weighted by molar-refractivity contribution is 0.102. The molecule has 0 spiro atoms. The number of thioether (sulfide) groups is 1. The van der Waals surface area contributed by atoms with Gasteiger partial charge in [-0.2, -0.15) is 0 Å². The molecule has 0 aromatic heterocycles. The number of carbonyl (C=O) groups excluding carboxylic acids is 1. The average Bonchev–Trinajstić information content (AvgIpc) is 2.44. The van der Waals surface area contributed by atoms with Crippen molar-refractivity contribution in [2.24, 2.45) is 0 Å². The molecule has 0 aliphatic rings. The smallest absolute Gasteiger partial charge is 0.255 e. The van der Waals surface area contributed by atoms with Crippen LogP contribution in [0.15, 0.2) is 41.3 Å². The zero-order chi connectivity index (χ0) is 14.7. The number of aromatic hydroxyl groups is 1. The van der Waals surface area contributed by atoms with Crippen LogP contribution in [0.5, 0.6) is 5.75 Å². The number of rotatable bonds is 3. The molecule has 20 heavy (non-hydrogen) atoms. The van der Waals surface area contributed by atoms with Crippen LogP contribution < -0.4 is 5.32 Å². The summed E-state index contributed by atoms with van der Waals surface area (Å²) in [5.41, 5.74) is 0.958. The van der Waals surface area contributed by atoms with E-state index in [1.165, 1.54) is 12.1 Å². The van der Waals surface area contributed by atoms with Gasteiger partial charge in [-0.1, -0.05) is 23.2 Å². The Morgan fingerprint density at radius 3 is 2.20 bits per heavy atom. The number of nitrogens with one attached hydrogen (secondary N) is 1. The zero-order valence-electron chi connectivity index (χ0n) is 10.5. The molecular formula is C14H11Cl2NO2S. The highest BCUT2D eigenvalue weighted by Gasteiger charge is 2.10. The number of amides is 1. The largest absolute Gasteiger partial charge is 0.505 e. The standard InChI is InChI=1S/C14H11Cl2NO2S/c1-20-10-4-2-8(3-5-10)14(19)17-9-6-11(15)13(18)12(16)7-9/h2-7,18H,1H3,(H,17,19). The summed E-state index contributed by atoms with van der Waals surface area (Å²) in [7, 11) is 0. The maximum Gasteiger partial charge on any atom is 0.255 e. The van der Waals surface area contributed by atoms with Gasteiger partial charge in [-0.15, -0.1) is 11.8 Å². The van der Waals surface area contributed by atoms with Crippen molar-refractivity contribution < 1.29 is 9.90 Å². The Balaban J connectivity index is 2.18. The van der Waals surface area contributed by atoms with Crippen molar-refractivity contribution in [3.05, 3.63) is 52.0 Å². The summed E-state index contributed by atoms with van der Waals surface area (Å²) in [4.78, 5) is 13.1. The lowest BCUT2D eigenvalue weighted by Crippen LogP contribution is -2.11. The van der Waals surface area contributed by atoms with Crippen LogP contribution in [0.2, 0.25) is 10.0 Å². The van der Waals surface area contributed by atoms with Gasteiger partial charge in [0.1, 0.15) is 0 Å². The number of hydrogen-bond donors (Lipinski definition) is 2. The second-order valence-corrected chi connectivity index (χ2v) is 5.67. The van der Waals surface area contributed by atoms with Gasteiger partial charge in [0.2, 0.25) is 0 Å². The van der Waals surface area contributed by atoms with Crippen LogP contribution in [-0.2, 0) is 0 Å². The highest BCUT2D eigenvalue weighted by molar-refractivity contribution is 7.98. The van der Waals surface area contributed by atoms with Crippen LogP contribution in [0.4, 0.5) is 5.69 Å². The second kappa shape index (κ2) is 6.39. The third kappa shape index (κ3) is 3.39. The monoisotopic (exact) mass is 327 g/mol. The normalized spacial score (nSPS) is 10.3. The number of carbonyl (C=O) groups is 1. The number of benzene rings is 2. The Bertz CT molecular complexity index is 621. The Morgan fingerprint density at radius 2 is 1.70 bits per heavy atom. The van der Waals surface area contributed by atoms with E-state index in [-0.39, 0.29) is 21.7 Å². The van der Waals surface area contributed by atoms with E-state index in [0.717, 1.165) is 4.90 Å². The van der Waals surface area contributed by atoms with Crippen LogP contribution in [0.1, 0.15) is 10.4 Å². The predicted octanol–water partition coefficient (Wildman–Crippen LogP) is 4.67. The van der Waals surface area contributed by atoms with Gasteiger partial charge >= 0.3 is 0 Å². The first-order chi connectivity index (χ1) is 9.51. The van der Waals surface area contributed by atoms with Crippen LogP contribution in [0, 0.1) is 0 Å². The summed E-state index contributed by atoms with van der Waals surface area (Å²) in [5.74, 6) is -0.467. The van der Waals surface area contributed by atoms with Crippen molar-refractivity contribution in [1.29, 1.82) is 0 Å². The zero-order valence-corrected chi connectivity index (χ0v) is 12.8. The average molecular weight is 328 g/mol. The number of phenols is 1. The number of hydrogen-bond acceptors (Lipinski definition) is 3. The first-order valence-electron chi connectivity index (χ1n) is 5.64. The molecule has 6 heteroatoms. The molecule has 0 saturated heterocycles. The highest BCUT2D eigenvalue weighted by atomic mass is 35.5. The minimum absolute atomic E-state index is 0.0885. The Labute approximate surface area is 130 Å². The van der Waals surface area contributed by atoms with Crippen molar-refractivity contribution >= 4 is 46.6 Å². The van der Waals surface area contributed by atoms with E-state index in [2.05, 4.69) is 5.32 Å². The van der Waals surface area contributed by atoms with E-state index in [0.29, 0.717) is 11.3 Å².